The van der Waals surface area contributed by atoms with Gasteiger partial charge >= 0.3 is 117 Å². The Kier molecular flexibility index (Phi) is 34.1. The standard InChI is InChI=1S/4C10H16FN2O16P3/c4*11-10(3-26-31(22,23)29-32(24,25)28-30(19,20)21)6(16)5(15)8(27-10)13-1-4(2-14)7(17)12-9(13)18/h4*1,5-6,8,14-16H,2-3H2,(H,22,23)(H,24,25)(H,12,17,18)(H2,19,20,21)/t4*5-,6+,8-,10-/m1111/s1/i3D2,8D;8D;3D2;. The van der Waals surface area contributed by atoms with Crippen LogP contribution in [0.3, 0.4) is 0 Å². The fourth-order valence-corrected chi connectivity index (χ4v) is 20.8. The summed E-state index contributed by atoms with van der Waals surface area (Å²) in [5.74, 6) is -16.3. The van der Waals surface area contributed by atoms with Crippen LogP contribution in [0, 0.1) is 0 Å². The number of alkyl halides is 4. The molecule has 88 heteroatoms. The predicted octanol–water partition coefficient (Wildman–Crippen LogP) is -10.8. The Morgan fingerprint density at radius 2 is 0.523 bits per heavy atom. The third kappa shape index (κ3) is 31.8. The number of nitrogens with one attached hydrogen (secondary N) is 4. The molecule has 0 aromatic carbocycles. The minimum Gasteiger partial charge on any atom is -0.391 e. The van der Waals surface area contributed by atoms with Gasteiger partial charge in [0.1, 0.15) is 75.2 Å². The molecule has 24 atom stereocenters. The normalized spacial score (nSPS) is 32.1. The first kappa shape index (κ1) is 104. The molecular weight excluding hydrogens is 2060 g/mol. The number of halogens is 4. The molecule has 8 heterocycles. The van der Waals surface area contributed by atoms with E-state index in [1.165, 1.54) is 0 Å². The number of hydrogen-bond donors (Lipinski definition) is 32. The van der Waals surface area contributed by atoms with Crippen molar-refractivity contribution >= 4 is 93.9 Å². The Morgan fingerprint density at radius 1 is 0.320 bits per heavy atom. The monoisotopic (exact) mass is 2130 g/mol. The van der Waals surface area contributed by atoms with Crippen molar-refractivity contribution in [3.63, 3.8) is 0 Å². The van der Waals surface area contributed by atoms with E-state index in [1.54, 1.807) is 19.9 Å². The van der Waals surface area contributed by atoms with Gasteiger partial charge in [-0.2, -0.15) is 34.5 Å². The quantitative estimate of drug-likeness (QED) is 0.0148. The van der Waals surface area contributed by atoms with Crippen molar-refractivity contribution in [3.05, 3.63) is 130 Å². The lowest BCUT2D eigenvalue weighted by molar-refractivity contribution is -0.205. The molecule has 0 spiro atoms. The number of rotatable bonds is 36. The number of hydrogen-bond acceptors (Lipinski definition) is 48. The number of H-pyrrole nitrogens is 4. The van der Waals surface area contributed by atoms with Gasteiger partial charge in [0.15, 0.2) is 24.9 Å². The van der Waals surface area contributed by atoms with Crippen LogP contribution < -0.4 is 45.0 Å². The molecule has 8 rings (SSSR count). The number of aromatic amines is 4. The molecule has 0 amide bonds. The summed E-state index contributed by atoms with van der Waals surface area (Å²) in [4.78, 5) is 242. The van der Waals surface area contributed by atoms with Crippen molar-refractivity contribution in [1.29, 1.82) is 0 Å². The van der Waals surface area contributed by atoms with Gasteiger partial charge in [-0.05, 0) is 0 Å². The lowest BCUT2D eigenvalue weighted by Gasteiger charge is -2.24. The van der Waals surface area contributed by atoms with Crippen molar-refractivity contribution in [2.75, 3.05) is 26.3 Å². The molecule has 4 aromatic rings. The summed E-state index contributed by atoms with van der Waals surface area (Å²) in [6.07, 6.45) is -31.0. The highest BCUT2D eigenvalue weighted by atomic mass is 31.3. The number of phosphoric acid groups is 12. The van der Waals surface area contributed by atoms with Gasteiger partial charge in [0.25, 0.3) is 45.7 Å². The van der Waals surface area contributed by atoms with Crippen molar-refractivity contribution in [2.24, 2.45) is 0 Å². The van der Waals surface area contributed by atoms with Gasteiger partial charge in [-0.1, -0.05) is 0 Å². The Balaban J connectivity index is 0.000000316. The fraction of sp³-hybridized carbons (Fsp3) is 0.600. The zero-order valence-corrected chi connectivity index (χ0v) is 70.9. The highest BCUT2D eigenvalue weighted by Gasteiger charge is 2.62. The van der Waals surface area contributed by atoms with Gasteiger partial charge in [0.2, 0.25) is 0 Å². The second-order valence-electron chi connectivity index (χ2n) is 23.5. The number of ether oxygens (including phenoxy) is 4. The van der Waals surface area contributed by atoms with Crippen LogP contribution in [0.25, 0.3) is 0 Å². The van der Waals surface area contributed by atoms with Crippen molar-refractivity contribution in [2.45, 2.75) is 124 Å². The van der Waals surface area contributed by atoms with Gasteiger partial charge < -0.3 is 159 Å². The number of nitrogens with zero attached hydrogens (tertiary/aromatic N) is 4. The summed E-state index contributed by atoms with van der Waals surface area (Å²) in [6.45, 7) is -16.5. The molecule has 0 aliphatic carbocycles. The van der Waals surface area contributed by atoms with Gasteiger partial charge in [-0.25, -0.2) is 91.5 Å². The first-order valence-corrected chi connectivity index (χ1v) is 48.9. The minimum absolute atomic E-state index is 0.0694. The van der Waals surface area contributed by atoms with Crippen LogP contribution in [-0.4, -0.2) is 276 Å². The lowest BCUT2D eigenvalue weighted by atomic mass is 10.1. The van der Waals surface area contributed by atoms with E-state index in [4.69, 9.17) is 87.4 Å². The smallest absolute Gasteiger partial charge is 0.391 e. The van der Waals surface area contributed by atoms with Crippen molar-refractivity contribution in [3.8, 4) is 0 Å². The lowest BCUT2D eigenvalue weighted by Crippen LogP contribution is -2.43. The van der Waals surface area contributed by atoms with Gasteiger partial charge in [0, 0.05) is 24.8 Å². The highest BCUT2D eigenvalue weighted by Crippen LogP contribution is 2.70. The van der Waals surface area contributed by atoms with Crippen LogP contribution in [0.5, 0.6) is 0 Å². The highest BCUT2D eigenvalue weighted by molar-refractivity contribution is 7.68. The molecule has 0 saturated carbocycles. The van der Waals surface area contributed by atoms with Crippen LogP contribution in [0.4, 0.5) is 17.6 Å². The maximum atomic E-state index is 15.5. The Morgan fingerprint density at radius 3 is 0.789 bits per heavy atom. The summed E-state index contributed by atoms with van der Waals surface area (Å²) >= 11 is 0. The molecule has 4 aliphatic heterocycles. The number of aliphatic hydroxyl groups excluding tert-OH is 12. The first-order chi connectivity index (χ1) is 59.8. The van der Waals surface area contributed by atoms with Crippen LogP contribution in [0.15, 0.2) is 63.1 Å². The van der Waals surface area contributed by atoms with E-state index in [-0.39, 0.29) is 13.7 Å². The molecule has 4 saturated heterocycles. The van der Waals surface area contributed by atoms with E-state index in [9.17, 15) is 158 Å². The predicted molar refractivity (Wildman–Crippen MR) is 372 cm³/mol. The molecule has 128 heavy (non-hydrogen) atoms. The van der Waals surface area contributed by atoms with Crippen LogP contribution in [-0.2, 0) is 153 Å². The van der Waals surface area contributed by atoms with E-state index in [1.807, 2.05) is 0 Å². The third-order valence-corrected chi connectivity index (χ3v) is 28.9. The maximum Gasteiger partial charge on any atom is 0.490 e. The fourth-order valence-electron chi connectivity index (χ4n) is 8.95. The first-order valence-electron chi connectivity index (χ1n) is 33.8. The van der Waals surface area contributed by atoms with Gasteiger partial charge in [-0.3, -0.25) is 75.5 Å². The van der Waals surface area contributed by atoms with Crippen LogP contribution >= 0.6 is 93.9 Å². The molecule has 4 fully saturated rings. The molecule has 0 radical (unpaired) electrons. The molecule has 32 N–H and O–H groups in total. The molecule has 4 aromatic heterocycles. The SMILES string of the molecule is O=c1[nH]c(=O)n([C@@H]2O[C@](F)(COP(=O)(O)OP(=O)(O)OP(=O)(O)O)[C@@H](O)[C@H]2O)cc1CO.[2H]C([2H])(OP(=O)(O)OP(=O)(O)OP(=O)(O)O)[C@@]1(F)O[C@@H](n2cc(CO)c(=O)[nH]c2=O)[C@H](O)[C@@H]1O.[2H]C([2H])(OP(=O)(O)OP(=O)(O)OP(=O)(O)O)[C@@]1(F)O[C@@]([2H])(n2cc(CO)c(=O)[nH]c2=O)[C@H](O)[C@@H]1O.[2H][C@@]1(n2cc(CO)c(=O)[nH]c2=O)O[C@](F)(COP(=O)(O)OP(=O)(O)OP(=O)(O)O)[C@@H](O)[C@H]1O. The molecule has 736 valence electrons. The van der Waals surface area contributed by atoms with Gasteiger partial charge in [-0.15, -0.1) is 0 Å². The summed E-state index contributed by atoms with van der Waals surface area (Å²) in [5.41, 5.74) is -12.2. The average Bonchev–Trinajstić information content (AvgIpc) is 1.55. The van der Waals surface area contributed by atoms with Crippen LogP contribution in [0.1, 0.15) is 55.3 Å². The van der Waals surface area contributed by atoms with E-state index in [2.05, 4.69) is 71.5 Å². The molecular formula is C40H64F4N8O64P12. The zero-order valence-electron chi connectivity index (χ0n) is 66.2. The second kappa shape index (κ2) is 42.0. The number of phosphoric ester groups is 4. The van der Waals surface area contributed by atoms with E-state index < -0.39 is 311 Å². The minimum atomic E-state index is -6.38. The Labute approximate surface area is 702 Å². The summed E-state index contributed by atoms with van der Waals surface area (Å²) < 4.78 is 303. The summed E-state index contributed by atoms with van der Waals surface area (Å²) in [6, 6.07) is 0. The van der Waals surface area contributed by atoms with E-state index in [0.29, 0.717) is 29.4 Å². The Bertz CT molecular complexity index is 6190. The largest absolute Gasteiger partial charge is 0.490 e. The summed E-state index contributed by atoms with van der Waals surface area (Å²) in [5, 5.41) is 117. The van der Waals surface area contributed by atoms with Crippen molar-refractivity contribution in [1.82, 2.24) is 38.2 Å². The topological polar surface area (TPSA) is 1140 Å². The van der Waals surface area contributed by atoms with Crippen molar-refractivity contribution < 1.29 is 292 Å². The zero-order chi connectivity index (χ0) is 104. The molecule has 0 bridgehead atoms. The van der Waals surface area contributed by atoms with E-state index >= 15 is 13.2 Å². The number of aromatic nitrogens is 8. The van der Waals surface area contributed by atoms with E-state index in [0.717, 1.165) is 0 Å². The van der Waals surface area contributed by atoms with Crippen LogP contribution in [0.2, 0.25) is 0 Å². The second-order valence-corrected chi connectivity index (χ2v) is 41.1. The summed E-state index contributed by atoms with van der Waals surface area (Å²) in [7, 11) is -71.6. The molecule has 8 unspecified atom stereocenters. The average molecular weight is 2130 g/mol. The third-order valence-electron chi connectivity index (χ3n) is 14.0. The Hall–Kier alpha value is -4.56. The number of aliphatic hydroxyl groups is 12. The molecule has 4 aliphatic rings. The maximum absolute atomic E-state index is 15.5. The van der Waals surface area contributed by atoms with Gasteiger partial charge in [0.05, 0.1) is 56.9 Å². The molecule has 72 nitrogen and oxygen atoms in total.